The van der Waals surface area contributed by atoms with Gasteiger partial charge in [0.2, 0.25) is 10.0 Å². The van der Waals surface area contributed by atoms with Gasteiger partial charge in [-0.25, -0.2) is 17.9 Å². The number of aliphatic hydroxyl groups is 1. The van der Waals surface area contributed by atoms with Crippen LogP contribution in [-0.4, -0.2) is 39.3 Å². The first-order chi connectivity index (χ1) is 8.76. The number of nitrogens with one attached hydrogen (secondary N) is 1. The smallest absolute Gasteiger partial charge is 0.336 e. The topological polar surface area (TPSA) is 92.7 Å². The molecular weight excluding hydrogens is 270 g/mol. The van der Waals surface area contributed by atoms with Gasteiger partial charge in [0.15, 0.2) is 6.10 Å². The van der Waals surface area contributed by atoms with E-state index in [1.54, 1.807) is 13.8 Å². The number of esters is 1. The number of carbonyl (C=O) groups is 1. The van der Waals surface area contributed by atoms with E-state index in [4.69, 9.17) is 0 Å². The summed E-state index contributed by atoms with van der Waals surface area (Å²) in [6.45, 7) is 3.15. The summed E-state index contributed by atoms with van der Waals surface area (Å²) in [4.78, 5) is 11.1. The number of ether oxygens (including phenoxy) is 1. The molecule has 0 radical (unpaired) electrons. The zero-order valence-electron chi connectivity index (χ0n) is 11.0. The molecule has 1 unspecified atom stereocenters. The Morgan fingerprint density at radius 2 is 1.84 bits per heavy atom. The Balaban J connectivity index is 2.84. The zero-order chi connectivity index (χ0) is 14.6. The lowest BCUT2D eigenvalue weighted by Crippen LogP contribution is -2.37. The number of carbonyl (C=O) groups excluding carboxylic acids is 1. The minimum atomic E-state index is -3.76. The molecule has 0 aromatic heterocycles. The highest BCUT2D eigenvalue weighted by atomic mass is 32.2. The maximum absolute atomic E-state index is 12.0. The summed E-state index contributed by atoms with van der Waals surface area (Å²) in [6, 6.07) is 4.88. The zero-order valence-corrected chi connectivity index (χ0v) is 11.8. The summed E-state index contributed by atoms with van der Waals surface area (Å²) in [6.07, 6.45) is -1.52. The summed E-state index contributed by atoms with van der Waals surface area (Å²) in [7, 11) is -2.64. The summed E-state index contributed by atoms with van der Waals surface area (Å²) in [5, 5.41) is 9.34. The van der Waals surface area contributed by atoms with Crippen LogP contribution >= 0.6 is 0 Å². The van der Waals surface area contributed by atoms with Gasteiger partial charge in [-0.2, -0.15) is 0 Å². The van der Waals surface area contributed by atoms with E-state index in [-0.39, 0.29) is 4.90 Å². The second kappa shape index (κ2) is 6.14. The lowest BCUT2D eigenvalue weighted by molar-refractivity contribution is -0.149. The van der Waals surface area contributed by atoms with Crippen molar-refractivity contribution in [1.82, 2.24) is 4.72 Å². The van der Waals surface area contributed by atoms with Gasteiger partial charge in [0.05, 0.1) is 12.0 Å². The Morgan fingerprint density at radius 3 is 2.32 bits per heavy atom. The molecule has 0 aliphatic carbocycles. The molecular formula is C12H17NO5S. The molecule has 0 heterocycles. The van der Waals surface area contributed by atoms with Crippen LogP contribution in [0.2, 0.25) is 0 Å². The van der Waals surface area contributed by atoms with Gasteiger partial charge in [0.1, 0.15) is 0 Å². The standard InChI is InChI=1S/C12H17NO5S/c1-8-4-9(2)6-10(5-8)19(16,17)13-7-11(14)12(15)18-3/h4-6,11,13-14H,7H2,1-3H3. The Labute approximate surface area is 112 Å². The third-order valence-corrected chi connectivity index (χ3v) is 3.85. The van der Waals surface area contributed by atoms with Crippen LogP contribution in [0.3, 0.4) is 0 Å². The average molecular weight is 287 g/mol. The van der Waals surface area contributed by atoms with Gasteiger partial charge in [-0.05, 0) is 37.1 Å². The predicted octanol–water partition coefficient (Wildman–Crippen LogP) is 0.116. The summed E-state index contributed by atoms with van der Waals surface area (Å²) < 4.78 is 30.4. The first-order valence-electron chi connectivity index (χ1n) is 5.60. The summed E-state index contributed by atoms with van der Waals surface area (Å²) in [5.74, 6) is -0.886. The van der Waals surface area contributed by atoms with Crippen molar-refractivity contribution in [1.29, 1.82) is 0 Å². The third kappa shape index (κ3) is 4.30. The number of rotatable bonds is 5. The van der Waals surface area contributed by atoms with E-state index in [0.29, 0.717) is 0 Å². The quantitative estimate of drug-likeness (QED) is 0.750. The molecule has 106 valence electrons. The van der Waals surface area contributed by atoms with Gasteiger partial charge in [-0.1, -0.05) is 6.07 Å². The largest absolute Gasteiger partial charge is 0.467 e. The van der Waals surface area contributed by atoms with Crippen LogP contribution in [0.4, 0.5) is 0 Å². The number of hydrogen-bond acceptors (Lipinski definition) is 5. The molecule has 19 heavy (non-hydrogen) atoms. The van der Waals surface area contributed by atoms with Crippen molar-refractivity contribution in [3.8, 4) is 0 Å². The third-order valence-electron chi connectivity index (χ3n) is 2.45. The molecule has 0 aliphatic heterocycles. The molecule has 1 aromatic rings. The van der Waals surface area contributed by atoms with Crippen LogP contribution in [0, 0.1) is 13.8 Å². The van der Waals surface area contributed by atoms with Gasteiger partial charge in [0.25, 0.3) is 0 Å². The van der Waals surface area contributed by atoms with E-state index in [0.717, 1.165) is 18.2 Å². The van der Waals surface area contributed by atoms with Crippen LogP contribution in [0.25, 0.3) is 0 Å². The first kappa shape index (κ1) is 15.6. The molecule has 0 bridgehead atoms. The van der Waals surface area contributed by atoms with E-state index >= 15 is 0 Å². The highest BCUT2D eigenvalue weighted by Crippen LogP contribution is 2.14. The molecule has 0 spiro atoms. The molecule has 7 heteroatoms. The molecule has 0 saturated heterocycles. The van der Waals surface area contributed by atoms with Crippen LogP contribution in [-0.2, 0) is 19.6 Å². The number of aliphatic hydroxyl groups excluding tert-OH is 1. The van der Waals surface area contributed by atoms with E-state index in [2.05, 4.69) is 9.46 Å². The molecule has 0 amide bonds. The van der Waals surface area contributed by atoms with Gasteiger partial charge >= 0.3 is 5.97 Å². The van der Waals surface area contributed by atoms with Gasteiger partial charge in [-0.15, -0.1) is 0 Å². The van der Waals surface area contributed by atoms with Crippen LogP contribution < -0.4 is 4.72 Å². The SMILES string of the molecule is COC(=O)C(O)CNS(=O)(=O)c1cc(C)cc(C)c1. The van der Waals surface area contributed by atoms with Crippen molar-refractivity contribution in [3.63, 3.8) is 0 Å². The van der Waals surface area contributed by atoms with E-state index in [1.165, 1.54) is 12.1 Å². The second-order valence-electron chi connectivity index (χ2n) is 4.21. The number of sulfonamides is 1. The van der Waals surface area contributed by atoms with Crippen molar-refractivity contribution in [2.24, 2.45) is 0 Å². The van der Waals surface area contributed by atoms with Crippen LogP contribution in [0.15, 0.2) is 23.1 Å². The maximum atomic E-state index is 12.0. The molecule has 0 aliphatic rings. The number of hydrogen-bond donors (Lipinski definition) is 2. The number of aryl methyl sites for hydroxylation is 2. The Kier molecular flexibility index (Phi) is 5.04. The minimum absolute atomic E-state index is 0.0991. The number of benzene rings is 1. The molecule has 2 N–H and O–H groups in total. The van der Waals surface area contributed by atoms with Crippen molar-refractivity contribution in [3.05, 3.63) is 29.3 Å². The van der Waals surface area contributed by atoms with Gasteiger partial charge in [0, 0.05) is 6.54 Å². The van der Waals surface area contributed by atoms with Crippen LogP contribution in [0.5, 0.6) is 0 Å². The monoisotopic (exact) mass is 287 g/mol. The fourth-order valence-corrected chi connectivity index (χ4v) is 2.81. The molecule has 1 atom stereocenters. The highest BCUT2D eigenvalue weighted by Gasteiger charge is 2.20. The summed E-state index contributed by atoms with van der Waals surface area (Å²) >= 11 is 0. The second-order valence-corrected chi connectivity index (χ2v) is 5.98. The fraction of sp³-hybridized carbons (Fsp3) is 0.417. The molecule has 6 nitrogen and oxygen atoms in total. The van der Waals surface area contributed by atoms with Crippen molar-refractivity contribution >= 4 is 16.0 Å². The van der Waals surface area contributed by atoms with Crippen LogP contribution in [0.1, 0.15) is 11.1 Å². The van der Waals surface area contributed by atoms with Gasteiger partial charge < -0.3 is 9.84 Å². The van der Waals surface area contributed by atoms with E-state index < -0.39 is 28.6 Å². The highest BCUT2D eigenvalue weighted by molar-refractivity contribution is 7.89. The molecule has 0 fully saturated rings. The fourth-order valence-electron chi connectivity index (χ4n) is 1.58. The van der Waals surface area contributed by atoms with E-state index in [9.17, 15) is 18.3 Å². The number of methoxy groups -OCH3 is 1. The Hall–Kier alpha value is -1.44. The molecule has 1 rings (SSSR count). The van der Waals surface area contributed by atoms with Crippen molar-refractivity contribution < 1.29 is 23.1 Å². The first-order valence-corrected chi connectivity index (χ1v) is 7.08. The minimum Gasteiger partial charge on any atom is -0.467 e. The van der Waals surface area contributed by atoms with Crippen molar-refractivity contribution in [2.75, 3.05) is 13.7 Å². The lowest BCUT2D eigenvalue weighted by atomic mass is 10.2. The van der Waals surface area contributed by atoms with Gasteiger partial charge in [-0.3, -0.25) is 0 Å². The van der Waals surface area contributed by atoms with E-state index in [1.807, 2.05) is 6.07 Å². The predicted molar refractivity (Wildman–Crippen MR) is 69.1 cm³/mol. The summed E-state index contributed by atoms with van der Waals surface area (Å²) in [5.41, 5.74) is 1.63. The maximum Gasteiger partial charge on any atom is 0.336 e. The average Bonchev–Trinajstić information content (AvgIpc) is 2.33. The lowest BCUT2D eigenvalue weighted by Gasteiger charge is -2.11. The molecule has 1 aromatic carbocycles. The Morgan fingerprint density at radius 1 is 1.32 bits per heavy atom. The molecule has 0 saturated carbocycles. The Bertz CT molecular complexity index is 547. The normalized spacial score (nSPS) is 13.1. The van der Waals surface area contributed by atoms with Crippen molar-refractivity contribution in [2.45, 2.75) is 24.8 Å².